The zero-order valence-electron chi connectivity index (χ0n) is 9.12. The first kappa shape index (κ1) is 11.3. The van der Waals surface area contributed by atoms with E-state index in [1.165, 1.54) is 19.3 Å². The number of ether oxygens (including phenoxy) is 2. The number of carbonyl (C=O) groups excluding carboxylic acids is 1. The van der Waals surface area contributed by atoms with Crippen LogP contribution in [0.2, 0.25) is 0 Å². The summed E-state index contributed by atoms with van der Waals surface area (Å²) in [6, 6.07) is 0. The molecule has 0 aliphatic heterocycles. The second kappa shape index (κ2) is 5.89. The summed E-state index contributed by atoms with van der Waals surface area (Å²) in [6.45, 7) is 4.33. The molecule has 0 amide bonds. The summed E-state index contributed by atoms with van der Waals surface area (Å²) in [7, 11) is 0. The molecule has 2 unspecified atom stereocenters. The van der Waals surface area contributed by atoms with Gasteiger partial charge in [-0.3, -0.25) is 0 Å². The SMILES string of the molecule is CCOC(=O)OC1CCCCC1CC. The van der Waals surface area contributed by atoms with Crippen LogP contribution in [0.25, 0.3) is 0 Å². The molecule has 82 valence electrons. The maximum absolute atomic E-state index is 11.1. The number of rotatable bonds is 3. The van der Waals surface area contributed by atoms with E-state index in [0.29, 0.717) is 12.5 Å². The summed E-state index contributed by atoms with van der Waals surface area (Å²) >= 11 is 0. The molecule has 3 nitrogen and oxygen atoms in total. The fourth-order valence-electron chi connectivity index (χ4n) is 2.07. The molecule has 1 saturated carbocycles. The van der Waals surface area contributed by atoms with Crippen molar-refractivity contribution in [2.45, 2.75) is 52.1 Å². The molecule has 0 radical (unpaired) electrons. The molecule has 0 bridgehead atoms. The lowest BCUT2D eigenvalue weighted by Crippen LogP contribution is -2.30. The van der Waals surface area contributed by atoms with Gasteiger partial charge in [0, 0.05) is 0 Å². The van der Waals surface area contributed by atoms with Crippen LogP contribution in [0.15, 0.2) is 0 Å². The quantitative estimate of drug-likeness (QED) is 0.656. The van der Waals surface area contributed by atoms with E-state index in [-0.39, 0.29) is 6.10 Å². The Balaban J connectivity index is 2.36. The molecule has 1 rings (SSSR count). The average molecular weight is 200 g/mol. The van der Waals surface area contributed by atoms with Crippen molar-refractivity contribution < 1.29 is 14.3 Å². The summed E-state index contributed by atoms with van der Waals surface area (Å²) in [5, 5.41) is 0. The highest BCUT2D eigenvalue weighted by Gasteiger charge is 2.27. The Kier molecular flexibility index (Phi) is 4.77. The van der Waals surface area contributed by atoms with Gasteiger partial charge >= 0.3 is 6.16 Å². The summed E-state index contributed by atoms with van der Waals surface area (Å²) in [5.41, 5.74) is 0. The molecule has 0 saturated heterocycles. The average Bonchev–Trinajstić information content (AvgIpc) is 2.19. The molecule has 0 N–H and O–H groups in total. The van der Waals surface area contributed by atoms with Crippen LogP contribution in [0.4, 0.5) is 4.79 Å². The van der Waals surface area contributed by atoms with E-state index in [2.05, 4.69) is 6.92 Å². The van der Waals surface area contributed by atoms with Crippen molar-refractivity contribution >= 4 is 6.16 Å². The smallest absolute Gasteiger partial charge is 0.435 e. The Labute approximate surface area is 85.8 Å². The summed E-state index contributed by atoms with van der Waals surface area (Å²) in [6.07, 6.45) is 5.29. The predicted molar refractivity (Wildman–Crippen MR) is 54.1 cm³/mol. The normalized spacial score (nSPS) is 27.0. The van der Waals surface area contributed by atoms with Gasteiger partial charge in [-0.15, -0.1) is 0 Å². The fourth-order valence-corrected chi connectivity index (χ4v) is 2.07. The summed E-state index contributed by atoms with van der Waals surface area (Å²) < 4.78 is 10.1. The zero-order valence-corrected chi connectivity index (χ0v) is 9.12. The van der Waals surface area contributed by atoms with Crippen LogP contribution >= 0.6 is 0 Å². The monoisotopic (exact) mass is 200 g/mol. The second-order valence-electron chi connectivity index (χ2n) is 3.79. The highest BCUT2D eigenvalue weighted by atomic mass is 16.7. The highest BCUT2D eigenvalue weighted by molar-refractivity contribution is 5.60. The Morgan fingerprint density at radius 2 is 2.00 bits per heavy atom. The molecular weight excluding hydrogens is 180 g/mol. The Hall–Kier alpha value is -0.730. The van der Waals surface area contributed by atoms with Gasteiger partial charge in [0.2, 0.25) is 0 Å². The van der Waals surface area contributed by atoms with Crippen LogP contribution in [0.3, 0.4) is 0 Å². The van der Waals surface area contributed by atoms with Gasteiger partial charge in [0.25, 0.3) is 0 Å². The standard InChI is InChI=1S/C11H20O3/c1-3-9-7-5-6-8-10(9)14-11(12)13-4-2/h9-10H,3-8H2,1-2H3. The minimum Gasteiger partial charge on any atom is -0.435 e. The number of carbonyl (C=O) groups is 1. The van der Waals surface area contributed by atoms with E-state index in [4.69, 9.17) is 9.47 Å². The fraction of sp³-hybridized carbons (Fsp3) is 0.909. The molecule has 1 fully saturated rings. The van der Waals surface area contributed by atoms with Gasteiger partial charge in [-0.25, -0.2) is 4.79 Å². The van der Waals surface area contributed by atoms with Crippen LogP contribution in [-0.2, 0) is 9.47 Å². The highest BCUT2D eigenvalue weighted by Crippen LogP contribution is 2.29. The molecule has 2 atom stereocenters. The second-order valence-corrected chi connectivity index (χ2v) is 3.79. The van der Waals surface area contributed by atoms with Gasteiger partial charge in [0.05, 0.1) is 6.61 Å². The van der Waals surface area contributed by atoms with E-state index in [0.717, 1.165) is 12.8 Å². The third-order valence-corrected chi connectivity index (χ3v) is 2.87. The van der Waals surface area contributed by atoms with Crippen LogP contribution < -0.4 is 0 Å². The van der Waals surface area contributed by atoms with Gasteiger partial charge in [-0.1, -0.05) is 13.3 Å². The van der Waals surface area contributed by atoms with Gasteiger partial charge < -0.3 is 9.47 Å². The van der Waals surface area contributed by atoms with Crippen molar-refractivity contribution in [1.82, 2.24) is 0 Å². The van der Waals surface area contributed by atoms with Gasteiger partial charge in [0.1, 0.15) is 6.10 Å². The minimum absolute atomic E-state index is 0.0906. The lowest BCUT2D eigenvalue weighted by Gasteiger charge is -2.29. The van der Waals surface area contributed by atoms with E-state index < -0.39 is 6.16 Å². The molecule has 14 heavy (non-hydrogen) atoms. The van der Waals surface area contributed by atoms with E-state index in [9.17, 15) is 4.79 Å². The molecule has 1 aliphatic rings. The van der Waals surface area contributed by atoms with Crippen molar-refractivity contribution in [1.29, 1.82) is 0 Å². The molecule has 0 aromatic carbocycles. The first-order chi connectivity index (χ1) is 6.77. The minimum atomic E-state index is -0.502. The van der Waals surface area contributed by atoms with Crippen LogP contribution in [-0.4, -0.2) is 18.9 Å². The van der Waals surface area contributed by atoms with Crippen LogP contribution in [0.5, 0.6) is 0 Å². The Morgan fingerprint density at radius 3 is 2.64 bits per heavy atom. The lowest BCUT2D eigenvalue weighted by molar-refractivity contribution is -0.0111. The lowest BCUT2D eigenvalue weighted by atomic mass is 9.85. The van der Waals surface area contributed by atoms with Gasteiger partial charge in [0.15, 0.2) is 0 Å². The predicted octanol–water partition coefficient (Wildman–Crippen LogP) is 3.13. The molecule has 1 aliphatic carbocycles. The van der Waals surface area contributed by atoms with Crippen LogP contribution in [0.1, 0.15) is 46.0 Å². The topological polar surface area (TPSA) is 35.5 Å². The van der Waals surface area contributed by atoms with Crippen molar-refractivity contribution in [3.63, 3.8) is 0 Å². The van der Waals surface area contributed by atoms with Gasteiger partial charge in [-0.05, 0) is 38.5 Å². The molecule has 0 aromatic rings. The molecule has 0 heterocycles. The molecule has 0 spiro atoms. The Morgan fingerprint density at radius 1 is 1.29 bits per heavy atom. The van der Waals surface area contributed by atoms with E-state index in [1.54, 1.807) is 6.92 Å². The third-order valence-electron chi connectivity index (χ3n) is 2.87. The maximum Gasteiger partial charge on any atom is 0.508 e. The van der Waals surface area contributed by atoms with E-state index >= 15 is 0 Å². The van der Waals surface area contributed by atoms with Gasteiger partial charge in [-0.2, -0.15) is 0 Å². The molecular formula is C11H20O3. The molecule has 3 heteroatoms. The van der Waals surface area contributed by atoms with Crippen molar-refractivity contribution in [2.24, 2.45) is 5.92 Å². The largest absolute Gasteiger partial charge is 0.508 e. The van der Waals surface area contributed by atoms with Crippen molar-refractivity contribution in [3.05, 3.63) is 0 Å². The summed E-state index contributed by atoms with van der Waals surface area (Å²) in [4.78, 5) is 11.1. The summed E-state index contributed by atoms with van der Waals surface area (Å²) in [5.74, 6) is 0.535. The molecule has 0 aromatic heterocycles. The third kappa shape index (κ3) is 3.20. The zero-order chi connectivity index (χ0) is 10.4. The number of hydrogen-bond donors (Lipinski definition) is 0. The Bertz CT molecular complexity index is 179. The van der Waals surface area contributed by atoms with Crippen molar-refractivity contribution in [3.8, 4) is 0 Å². The van der Waals surface area contributed by atoms with Crippen molar-refractivity contribution in [2.75, 3.05) is 6.61 Å². The van der Waals surface area contributed by atoms with E-state index in [1.807, 2.05) is 0 Å². The maximum atomic E-state index is 11.1. The number of hydrogen-bond acceptors (Lipinski definition) is 3. The first-order valence-corrected chi connectivity index (χ1v) is 5.61. The van der Waals surface area contributed by atoms with Crippen LogP contribution in [0, 0.1) is 5.92 Å². The first-order valence-electron chi connectivity index (χ1n) is 5.61.